The fourth-order valence-corrected chi connectivity index (χ4v) is 1.51. The number of nitrogens with two attached hydrogens (primary N) is 1. The molecule has 2 N–H and O–H groups in total. The summed E-state index contributed by atoms with van der Waals surface area (Å²) < 4.78 is 4.94. The van der Waals surface area contributed by atoms with E-state index in [2.05, 4.69) is 15.2 Å². The third kappa shape index (κ3) is 2.98. The highest BCUT2D eigenvalue weighted by Gasteiger charge is 2.09. The largest absolute Gasteiger partial charge is 0.480 e. The van der Waals surface area contributed by atoms with Gasteiger partial charge >= 0.3 is 0 Å². The van der Waals surface area contributed by atoms with Gasteiger partial charge in [-0.1, -0.05) is 6.07 Å². The van der Waals surface area contributed by atoms with Crippen molar-refractivity contribution in [2.45, 2.75) is 12.5 Å². The van der Waals surface area contributed by atoms with Crippen LogP contribution in [0.3, 0.4) is 0 Å². The minimum Gasteiger partial charge on any atom is -0.480 e. The molecule has 2 rings (SSSR count). The average molecular weight is 230 g/mol. The van der Waals surface area contributed by atoms with Crippen LogP contribution in [0.5, 0.6) is 5.88 Å². The second-order valence-corrected chi connectivity index (χ2v) is 3.67. The van der Waals surface area contributed by atoms with E-state index in [9.17, 15) is 0 Å². The summed E-state index contributed by atoms with van der Waals surface area (Å²) in [6, 6.07) is 7.28. The van der Waals surface area contributed by atoms with E-state index in [-0.39, 0.29) is 6.04 Å². The van der Waals surface area contributed by atoms with Gasteiger partial charge in [-0.25, -0.2) is 0 Å². The van der Waals surface area contributed by atoms with Crippen molar-refractivity contribution < 1.29 is 4.74 Å². The Bertz CT molecular complexity index is 458. The van der Waals surface area contributed by atoms with E-state index >= 15 is 0 Å². The summed E-state index contributed by atoms with van der Waals surface area (Å²) >= 11 is 0. The first kappa shape index (κ1) is 11.5. The number of ether oxygens (including phenoxy) is 1. The minimum atomic E-state index is -0.183. The van der Waals surface area contributed by atoms with E-state index < -0.39 is 0 Å². The first-order chi connectivity index (χ1) is 8.29. The molecule has 0 fully saturated rings. The Morgan fingerprint density at radius 3 is 2.76 bits per heavy atom. The van der Waals surface area contributed by atoms with Crippen LogP contribution < -0.4 is 10.5 Å². The summed E-state index contributed by atoms with van der Waals surface area (Å²) in [4.78, 5) is 4.05. The summed E-state index contributed by atoms with van der Waals surface area (Å²) in [5.41, 5.74) is 7.87. The van der Waals surface area contributed by atoms with Crippen LogP contribution in [0.4, 0.5) is 0 Å². The van der Waals surface area contributed by atoms with Gasteiger partial charge in [0.05, 0.1) is 18.8 Å². The molecule has 0 saturated heterocycles. The SMILES string of the molecule is COc1ccc(C(N)Cc2cccnc2)nn1. The highest BCUT2D eigenvalue weighted by Crippen LogP contribution is 2.14. The first-order valence-corrected chi connectivity index (χ1v) is 5.31. The predicted molar refractivity (Wildman–Crippen MR) is 63.5 cm³/mol. The van der Waals surface area contributed by atoms with Crippen LogP contribution in [0.1, 0.15) is 17.3 Å². The Morgan fingerprint density at radius 2 is 2.18 bits per heavy atom. The Morgan fingerprint density at radius 1 is 1.29 bits per heavy atom. The van der Waals surface area contributed by atoms with Crippen molar-refractivity contribution in [2.75, 3.05) is 7.11 Å². The molecule has 17 heavy (non-hydrogen) atoms. The summed E-state index contributed by atoms with van der Waals surface area (Å²) in [5, 5.41) is 7.92. The summed E-state index contributed by atoms with van der Waals surface area (Å²) in [7, 11) is 1.55. The van der Waals surface area contributed by atoms with Crippen molar-refractivity contribution >= 4 is 0 Å². The van der Waals surface area contributed by atoms with Crippen molar-refractivity contribution in [2.24, 2.45) is 5.73 Å². The molecule has 2 aromatic rings. The highest BCUT2D eigenvalue weighted by atomic mass is 16.5. The zero-order valence-corrected chi connectivity index (χ0v) is 9.58. The van der Waals surface area contributed by atoms with Crippen LogP contribution >= 0.6 is 0 Å². The van der Waals surface area contributed by atoms with Gasteiger partial charge in [0.2, 0.25) is 5.88 Å². The van der Waals surface area contributed by atoms with Crippen molar-refractivity contribution in [1.82, 2.24) is 15.2 Å². The van der Waals surface area contributed by atoms with Gasteiger partial charge in [0, 0.05) is 18.5 Å². The Labute approximate surface area is 99.7 Å². The quantitative estimate of drug-likeness (QED) is 0.852. The standard InChI is InChI=1S/C12H14N4O/c1-17-12-5-4-11(15-16-12)10(13)7-9-3-2-6-14-8-9/h2-6,8,10H,7,13H2,1H3. The van der Waals surface area contributed by atoms with E-state index in [4.69, 9.17) is 10.5 Å². The predicted octanol–water partition coefficient (Wildman–Crippen LogP) is 1.12. The molecular weight excluding hydrogens is 216 g/mol. The molecule has 1 atom stereocenters. The van der Waals surface area contributed by atoms with E-state index in [1.54, 1.807) is 25.6 Å². The highest BCUT2D eigenvalue weighted by molar-refractivity contribution is 5.17. The fraction of sp³-hybridized carbons (Fsp3) is 0.250. The van der Waals surface area contributed by atoms with Gasteiger partial charge in [-0.15, -0.1) is 5.10 Å². The minimum absolute atomic E-state index is 0.183. The Hall–Kier alpha value is -2.01. The topological polar surface area (TPSA) is 73.9 Å². The second-order valence-electron chi connectivity index (χ2n) is 3.67. The van der Waals surface area contributed by atoms with Crippen LogP contribution in [0, 0.1) is 0 Å². The lowest BCUT2D eigenvalue weighted by molar-refractivity contribution is 0.390. The lowest BCUT2D eigenvalue weighted by Gasteiger charge is -2.10. The van der Waals surface area contributed by atoms with Gasteiger partial charge in [-0.3, -0.25) is 4.98 Å². The normalized spacial score (nSPS) is 12.1. The zero-order chi connectivity index (χ0) is 12.1. The molecule has 0 aromatic carbocycles. The van der Waals surface area contributed by atoms with Crippen LogP contribution in [-0.2, 0) is 6.42 Å². The second kappa shape index (κ2) is 5.36. The van der Waals surface area contributed by atoms with E-state index in [0.717, 1.165) is 11.3 Å². The van der Waals surface area contributed by atoms with Crippen LogP contribution in [0.15, 0.2) is 36.7 Å². The smallest absolute Gasteiger partial charge is 0.233 e. The number of aromatic nitrogens is 3. The van der Waals surface area contributed by atoms with Crippen molar-refractivity contribution in [1.29, 1.82) is 0 Å². The molecule has 0 aliphatic rings. The molecule has 2 heterocycles. The molecule has 5 nitrogen and oxygen atoms in total. The van der Waals surface area contributed by atoms with E-state index in [0.29, 0.717) is 12.3 Å². The molecule has 0 saturated carbocycles. The maximum Gasteiger partial charge on any atom is 0.233 e. The third-order valence-electron chi connectivity index (χ3n) is 2.43. The number of pyridine rings is 1. The van der Waals surface area contributed by atoms with Gasteiger partial charge in [-0.2, -0.15) is 5.10 Å². The van der Waals surface area contributed by atoms with Crippen LogP contribution in [-0.4, -0.2) is 22.3 Å². The van der Waals surface area contributed by atoms with E-state index in [1.165, 1.54) is 0 Å². The zero-order valence-electron chi connectivity index (χ0n) is 9.58. The molecule has 0 aliphatic heterocycles. The molecule has 0 bridgehead atoms. The number of nitrogens with zero attached hydrogens (tertiary/aromatic N) is 3. The third-order valence-corrected chi connectivity index (χ3v) is 2.43. The Kier molecular flexibility index (Phi) is 3.62. The van der Waals surface area contributed by atoms with Crippen molar-refractivity contribution in [3.8, 4) is 5.88 Å². The maximum absolute atomic E-state index is 6.05. The number of methoxy groups -OCH3 is 1. The molecule has 0 spiro atoms. The van der Waals surface area contributed by atoms with Gasteiger partial charge in [0.15, 0.2) is 0 Å². The lowest BCUT2D eigenvalue weighted by Crippen LogP contribution is -2.15. The van der Waals surface area contributed by atoms with Crippen LogP contribution in [0.2, 0.25) is 0 Å². The lowest BCUT2D eigenvalue weighted by atomic mass is 10.1. The number of rotatable bonds is 4. The molecule has 0 aliphatic carbocycles. The van der Waals surface area contributed by atoms with E-state index in [1.807, 2.05) is 18.2 Å². The van der Waals surface area contributed by atoms with Crippen LogP contribution in [0.25, 0.3) is 0 Å². The first-order valence-electron chi connectivity index (χ1n) is 5.31. The average Bonchev–Trinajstić information content (AvgIpc) is 2.40. The summed E-state index contributed by atoms with van der Waals surface area (Å²) in [5.74, 6) is 0.488. The molecule has 88 valence electrons. The molecule has 0 amide bonds. The maximum atomic E-state index is 6.05. The Balaban J connectivity index is 2.06. The molecule has 2 aromatic heterocycles. The number of hydrogen-bond donors (Lipinski definition) is 1. The van der Waals surface area contributed by atoms with Gasteiger partial charge in [-0.05, 0) is 24.1 Å². The monoisotopic (exact) mass is 230 g/mol. The summed E-state index contributed by atoms with van der Waals surface area (Å²) in [6.45, 7) is 0. The number of hydrogen-bond acceptors (Lipinski definition) is 5. The fourth-order valence-electron chi connectivity index (χ4n) is 1.51. The molecule has 0 radical (unpaired) electrons. The van der Waals surface area contributed by atoms with Crippen molar-refractivity contribution in [3.63, 3.8) is 0 Å². The van der Waals surface area contributed by atoms with Gasteiger partial charge in [0.25, 0.3) is 0 Å². The molecular formula is C12H14N4O. The van der Waals surface area contributed by atoms with Gasteiger partial charge < -0.3 is 10.5 Å². The summed E-state index contributed by atoms with van der Waals surface area (Å²) in [6.07, 6.45) is 4.23. The van der Waals surface area contributed by atoms with Crippen molar-refractivity contribution in [3.05, 3.63) is 47.9 Å². The molecule has 5 heteroatoms. The van der Waals surface area contributed by atoms with Gasteiger partial charge in [0.1, 0.15) is 0 Å². The molecule has 1 unspecified atom stereocenters.